The third-order valence-electron chi connectivity index (χ3n) is 2.29. The zero-order valence-corrected chi connectivity index (χ0v) is 8.38. The molecule has 0 fully saturated rings. The van der Waals surface area contributed by atoms with Crippen LogP contribution in [0.4, 0.5) is 0 Å². The number of aryl methyl sites for hydroxylation is 1. The van der Waals surface area contributed by atoms with Gasteiger partial charge in [0, 0.05) is 12.8 Å². The van der Waals surface area contributed by atoms with Crippen molar-refractivity contribution in [2.75, 3.05) is 6.54 Å². The minimum absolute atomic E-state index is 0.526. The predicted octanol–water partition coefficient (Wildman–Crippen LogP) is 0.894. The fourth-order valence-electron chi connectivity index (χ4n) is 1.25. The Morgan fingerprint density at radius 1 is 1.46 bits per heavy atom. The SMILES string of the molecule is CCc1n[nH]c(CC(CC)CN)n1. The quantitative estimate of drug-likeness (QED) is 0.710. The topological polar surface area (TPSA) is 67.6 Å². The first kappa shape index (κ1) is 10.2. The lowest BCUT2D eigenvalue weighted by Crippen LogP contribution is -2.16. The molecule has 0 aliphatic rings. The zero-order chi connectivity index (χ0) is 9.68. The van der Waals surface area contributed by atoms with Crippen molar-refractivity contribution in [1.82, 2.24) is 15.2 Å². The van der Waals surface area contributed by atoms with Crippen LogP contribution in [0.2, 0.25) is 0 Å². The van der Waals surface area contributed by atoms with Crippen molar-refractivity contribution in [1.29, 1.82) is 0 Å². The van der Waals surface area contributed by atoms with Crippen molar-refractivity contribution in [3.05, 3.63) is 11.6 Å². The second-order valence-electron chi connectivity index (χ2n) is 3.27. The molecule has 0 spiro atoms. The molecule has 0 radical (unpaired) electrons. The standard InChI is InChI=1S/C9H18N4/c1-3-7(6-10)5-9-11-8(4-2)12-13-9/h7H,3-6,10H2,1-2H3,(H,11,12,13). The van der Waals surface area contributed by atoms with Crippen molar-refractivity contribution in [2.45, 2.75) is 33.1 Å². The van der Waals surface area contributed by atoms with E-state index in [1.807, 2.05) is 6.92 Å². The third kappa shape index (κ3) is 2.81. The van der Waals surface area contributed by atoms with Crippen molar-refractivity contribution >= 4 is 0 Å². The monoisotopic (exact) mass is 182 g/mol. The molecule has 1 atom stereocenters. The molecule has 1 aromatic heterocycles. The number of nitrogens with one attached hydrogen (secondary N) is 1. The van der Waals surface area contributed by atoms with E-state index in [1.54, 1.807) is 0 Å². The first-order valence-corrected chi connectivity index (χ1v) is 4.90. The van der Waals surface area contributed by atoms with Crippen LogP contribution in [0.25, 0.3) is 0 Å². The maximum Gasteiger partial charge on any atom is 0.150 e. The second-order valence-corrected chi connectivity index (χ2v) is 3.27. The summed E-state index contributed by atoms with van der Waals surface area (Å²) in [5.74, 6) is 2.38. The molecule has 1 rings (SSSR count). The average Bonchev–Trinajstić information content (AvgIpc) is 2.61. The molecule has 4 nitrogen and oxygen atoms in total. The van der Waals surface area contributed by atoms with Gasteiger partial charge in [-0.3, -0.25) is 5.10 Å². The number of aromatic nitrogens is 3. The molecule has 1 unspecified atom stereocenters. The molecule has 0 aliphatic heterocycles. The van der Waals surface area contributed by atoms with Gasteiger partial charge in [0.15, 0.2) is 0 Å². The van der Waals surface area contributed by atoms with Gasteiger partial charge in [-0.15, -0.1) is 0 Å². The van der Waals surface area contributed by atoms with E-state index in [0.29, 0.717) is 5.92 Å². The van der Waals surface area contributed by atoms with Crippen molar-refractivity contribution in [3.63, 3.8) is 0 Å². The highest BCUT2D eigenvalue weighted by Gasteiger charge is 2.08. The lowest BCUT2D eigenvalue weighted by molar-refractivity contribution is 0.506. The van der Waals surface area contributed by atoms with E-state index in [4.69, 9.17) is 5.73 Å². The molecule has 3 N–H and O–H groups in total. The number of rotatable bonds is 5. The zero-order valence-electron chi connectivity index (χ0n) is 8.38. The van der Waals surface area contributed by atoms with Crippen molar-refractivity contribution in [3.8, 4) is 0 Å². The van der Waals surface area contributed by atoms with Crippen LogP contribution in [-0.2, 0) is 12.8 Å². The smallest absolute Gasteiger partial charge is 0.150 e. The van der Waals surface area contributed by atoms with Gasteiger partial charge in [0.1, 0.15) is 11.6 Å². The molecular weight excluding hydrogens is 164 g/mol. The van der Waals surface area contributed by atoms with Crippen LogP contribution in [-0.4, -0.2) is 21.7 Å². The van der Waals surface area contributed by atoms with Gasteiger partial charge in [-0.2, -0.15) is 5.10 Å². The molecule has 0 aliphatic carbocycles. The van der Waals surface area contributed by atoms with E-state index in [-0.39, 0.29) is 0 Å². The lowest BCUT2D eigenvalue weighted by Gasteiger charge is -2.08. The third-order valence-corrected chi connectivity index (χ3v) is 2.29. The minimum Gasteiger partial charge on any atom is -0.330 e. The molecule has 4 heteroatoms. The Kier molecular flexibility index (Phi) is 3.89. The first-order valence-electron chi connectivity index (χ1n) is 4.90. The number of H-pyrrole nitrogens is 1. The van der Waals surface area contributed by atoms with Gasteiger partial charge >= 0.3 is 0 Å². The van der Waals surface area contributed by atoms with E-state index in [9.17, 15) is 0 Å². The number of nitrogens with two attached hydrogens (primary N) is 1. The maximum absolute atomic E-state index is 5.61. The largest absolute Gasteiger partial charge is 0.330 e. The highest BCUT2D eigenvalue weighted by atomic mass is 15.2. The number of nitrogens with zero attached hydrogens (tertiary/aromatic N) is 2. The summed E-state index contributed by atoms with van der Waals surface area (Å²) in [5, 5.41) is 7.02. The number of aromatic amines is 1. The Morgan fingerprint density at radius 3 is 2.69 bits per heavy atom. The van der Waals surface area contributed by atoms with Crippen molar-refractivity contribution in [2.24, 2.45) is 11.7 Å². The van der Waals surface area contributed by atoms with Gasteiger partial charge in [-0.05, 0) is 12.5 Å². The summed E-state index contributed by atoms with van der Waals surface area (Å²) in [7, 11) is 0. The van der Waals surface area contributed by atoms with Gasteiger partial charge in [-0.1, -0.05) is 20.3 Å². The summed E-state index contributed by atoms with van der Waals surface area (Å²) in [6.07, 6.45) is 2.90. The summed E-state index contributed by atoms with van der Waals surface area (Å²) in [5.41, 5.74) is 5.61. The molecule has 1 aromatic rings. The highest BCUT2D eigenvalue weighted by molar-refractivity contribution is 4.91. The summed E-state index contributed by atoms with van der Waals surface area (Å²) in [4.78, 5) is 4.34. The molecule has 0 amide bonds. The normalized spacial score (nSPS) is 13.2. The minimum atomic E-state index is 0.526. The van der Waals surface area contributed by atoms with Gasteiger partial charge in [-0.25, -0.2) is 4.98 Å². The molecule has 0 saturated carbocycles. The summed E-state index contributed by atoms with van der Waals surface area (Å²) < 4.78 is 0. The van der Waals surface area contributed by atoms with Gasteiger partial charge in [0.25, 0.3) is 0 Å². The molecule has 74 valence electrons. The predicted molar refractivity (Wildman–Crippen MR) is 52.3 cm³/mol. The van der Waals surface area contributed by atoms with E-state index < -0.39 is 0 Å². The van der Waals surface area contributed by atoms with Gasteiger partial charge in [0.2, 0.25) is 0 Å². The van der Waals surface area contributed by atoms with Gasteiger partial charge in [0.05, 0.1) is 0 Å². The van der Waals surface area contributed by atoms with Crippen LogP contribution in [0.3, 0.4) is 0 Å². The Hall–Kier alpha value is -0.900. The van der Waals surface area contributed by atoms with Crippen molar-refractivity contribution < 1.29 is 0 Å². The Morgan fingerprint density at radius 2 is 2.23 bits per heavy atom. The Labute approximate surface area is 78.9 Å². The highest BCUT2D eigenvalue weighted by Crippen LogP contribution is 2.07. The number of hydrogen-bond acceptors (Lipinski definition) is 3. The van der Waals surface area contributed by atoms with E-state index in [2.05, 4.69) is 22.1 Å². The molecule has 1 heterocycles. The molecule has 0 aromatic carbocycles. The van der Waals surface area contributed by atoms with Crippen LogP contribution in [0.1, 0.15) is 31.9 Å². The van der Waals surface area contributed by atoms with Crippen LogP contribution in [0, 0.1) is 5.92 Å². The fourth-order valence-corrected chi connectivity index (χ4v) is 1.25. The first-order chi connectivity index (χ1) is 6.30. The van der Waals surface area contributed by atoms with Crippen LogP contribution in [0.15, 0.2) is 0 Å². The average molecular weight is 182 g/mol. The van der Waals surface area contributed by atoms with E-state index >= 15 is 0 Å². The molecule has 13 heavy (non-hydrogen) atoms. The molecule has 0 saturated heterocycles. The van der Waals surface area contributed by atoms with Crippen LogP contribution in [0.5, 0.6) is 0 Å². The van der Waals surface area contributed by atoms with E-state index in [1.165, 1.54) is 0 Å². The molecule has 0 bridgehead atoms. The summed E-state index contributed by atoms with van der Waals surface area (Å²) in [6.45, 7) is 4.92. The van der Waals surface area contributed by atoms with Crippen LogP contribution >= 0.6 is 0 Å². The summed E-state index contributed by atoms with van der Waals surface area (Å²) >= 11 is 0. The Balaban J connectivity index is 2.52. The van der Waals surface area contributed by atoms with Gasteiger partial charge < -0.3 is 5.73 Å². The number of hydrogen-bond donors (Lipinski definition) is 2. The Bertz CT molecular complexity index is 240. The second kappa shape index (κ2) is 4.97. The summed E-state index contributed by atoms with van der Waals surface area (Å²) in [6, 6.07) is 0. The molecular formula is C9H18N4. The lowest BCUT2D eigenvalue weighted by atomic mass is 10.0. The van der Waals surface area contributed by atoms with E-state index in [0.717, 1.165) is 37.5 Å². The fraction of sp³-hybridized carbons (Fsp3) is 0.778. The van der Waals surface area contributed by atoms with Crippen LogP contribution < -0.4 is 5.73 Å². The maximum atomic E-state index is 5.61.